The van der Waals surface area contributed by atoms with Crippen LogP contribution in [-0.2, 0) is 14.3 Å². The maximum absolute atomic E-state index is 13.2. The molecule has 0 unspecified atom stereocenters. The standard InChI is InChI=1S/C20H18F2N2O4/c1-12(19(26)23-14-6-9-16(21)17(22)11-14)28-20(27)13-4-7-15(8-5-13)24-10-2-3-18(24)25/h4-9,11-12H,2-3,10H2,1H3,(H,23,26)/t12-/m1/s1. The van der Waals surface area contributed by atoms with Gasteiger partial charge in [0.1, 0.15) is 0 Å². The molecule has 1 aliphatic heterocycles. The Labute approximate surface area is 160 Å². The van der Waals surface area contributed by atoms with E-state index in [0.29, 0.717) is 18.7 Å². The Morgan fingerprint density at radius 2 is 1.82 bits per heavy atom. The maximum atomic E-state index is 13.2. The third kappa shape index (κ3) is 4.33. The molecule has 1 heterocycles. The normalized spacial score (nSPS) is 14.7. The van der Waals surface area contributed by atoms with Gasteiger partial charge in [-0.25, -0.2) is 13.6 Å². The smallest absolute Gasteiger partial charge is 0.338 e. The predicted molar refractivity (Wildman–Crippen MR) is 97.9 cm³/mol. The van der Waals surface area contributed by atoms with Gasteiger partial charge in [-0.05, 0) is 49.7 Å². The van der Waals surface area contributed by atoms with Gasteiger partial charge >= 0.3 is 5.97 Å². The molecular weight excluding hydrogens is 370 g/mol. The second kappa shape index (κ2) is 8.16. The molecule has 0 spiro atoms. The quantitative estimate of drug-likeness (QED) is 0.798. The molecule has 2 amide bonds. The molecule has 6 nitrogen and oxygen atoms in total. The molecular formula is C20H18F2N2O4. The zero-order chi connectivity index (χ0) is 20.3. The number of nitrogens with zero attached hydrogens (tertiary/aromatic N) is 1. The SMILES string of the molecule is C[C@@H](OC(=O)c1ccc(N2CCCC2=O)cc1)C(=O)Nc1ccc(F)c(F)c1. The number of amides is 2. The van der Waals surface area contributed by atoms with Gasteiger partial charge in [0, 0.05) is 30.4 Å². The lowest BCUT2D eigenvalue weighted by atomic mass is 10.2. The van der Waals surface area contributed by atoms with Crippen molar-refractivity contribution in [3.63, 3.8) is 0 Å². The van der Waals surface area contributed by atoms with E-state index < -0.39 is 29.6 Å². The fourth-order valence-electron chi connectivity index (χ4n) is 2.80. The van der Waals surface area contributed by atoms with Gasteiger partial charge in [-0.15, -0.1) is 0 Å². The molecule has 8 heteroatoms. The number of benzene rings is 2. The zero-order valence-electron chi connectivity index (χ0n) is 15.1. The monoisotopic (exact) mass is 388 g/mol. The largest absolute Gasteiger partial charge is 0.449 e. The van der Waals surface area contributed by atoms with Crippen LogP contribution in [0.3, 0.4) is 0 Å². The van der Waals surface area contributed by atoms with Crippen LogP contribution >= 0.6 is 0 Å². The van der Waals surface area contributed by atoms with Crippen LogP contribution in [0.15, 0.2) is 42.5 Å². The fourth-order valence-corrected chi connectivity index (χ4v) is 2.80. The van der Waals surface area contributed by atoms with Gasteiger partial charge in [-0.3, -0.25) is 9.59 Å². The summed E-state index contributed by atoms with van der Waals surface area (Å²) >= 11 is 0. The number of halogens is 2. The van der Waals surface area contributed by atoms with Crippen LogP contribution < -0.4 is 10.2 Å². The van der Waals surface area contributed by atoms with E-state index in [1.807, 2.05) is 0 Å². The molecule has 1 aliphatic rings. The van der Waals surface area contributed by atoms with Crippen LogP contribution in [0, 0.1) is 11.6 Å². The summed E-state index contributed by atoms with van der Waals surface area (Å²) in [5.41, 5.74) is 0.970. The van der Waals surface area contributed by atoms with Gasteiger partial charge in [-0.1, -0.05) is 0 Å². The molecule has 2 aromatic rings. The van der Waals surface area contributed by atoms with E-state index in [1.165, 1.54) is 25.1 Å². The summed E-state index contributed by atoms with van der Waals surface area (Å²) in [7, 11) is 0. The molecule has 1 atom stereocenters. The summed E-state index contributed by atoms with van der Waals surface area (Å²) in [6.45, 7) is 2.01. The Hall–Kier alpha value is -3.29. The molecule has 0 aromatic heterocycles. The third-order valence-corrected chi connectivity index (χ3v) is 4.33. The number of rotatable bonds is 5. The van der Waals surface area contributed by atoms with E-state index in [1.54, 1.807) is 17.0 Å². The van der Waals surface area contributed by atoms with Gasteiger partial charge in [0.05, 0.1) is 5.56 Å². The van der Waals surface area contributed by atoms with Gasteiger partial charge < -0.3 is 15.0 Å². The van der Waals surface area contributed by atoms with Crippen LogP contribution in [0.2, 0.25) is 0 Å². The lowest BCUT2D eigenvalue weighted by Gasteiger charge is -2.16. The lowest BCUT2D eigenvalue weighted by molar-refractivity contribution is -0.123. The summed E-state index contributed by atoms with van der Waals surface area (Å²) in [4.78, 5) is 37.7. The van der Waals surface area contributed by atoms with Crippen LogP contribution in [0.1, 0.15) is 30.1 Å². The summed E-state index contributed by atoms with van der Waals surface area (Å²) in [6, 6.07) is 9.24. The Balaban J connectivity index is 1.59. The first-order valence-electron chi connectivity index (χ1n) is 8.72. The van der Waals surface area contributed by atoms with E-state index >= 15 is 0 Å². The van der Waals surface area contributed by atoms with Crippen LogP contribution in [0.5, 0.6) is 0 Å². The van der Waals surface area contributed by atoms with Gasteiger partial charge in [0.25, 0.3) is 5.91 Å². The first kappa shape index (κ1) is 19.5. The molecule has 146 valence electrons. The number of hydrogen-bond donors (Lipinski definition) is 1. The van der Waals surface area contributed by atoms with Crippen LogP contribution in [0.4, 0.5) is 20.2 Å². The molecule has 28 heavy (non-hydrogen) atoms. The average molecular weight is 388 g/mol. The predicted octanol–water partition coefficient (Wildman–Crippen LogP) is 3.28. The topological polar surface area (TPSA) is 75.7 Å². The summed E-state index contributed by atoms with van der Waals surface area (Å²) in [5, 5.41) is 2.35. The minimum Gasteiger partial charge on any atom is -0.449 e. The van der Waals surface area contributed by atoms with E-state index in [2.05, 4.69) is 5.32 Å². The highest BCUT2D eigenvalue weighted by Crippen LogP contribution is 2.22. The number of hydrogen-bond acceptors (Lipinski definition) is 4. The first-order valence-corrected chi connectivity index (χ1v) is 8.72. The number of nitrogens with one attached hydrogen (secondary N) is 1. The minimum atomic E-state index is -1.15. The van der Waals surface area contributed by atoms with E-state index in [0.717, 1.165) is 18.6 Å². The van der Waals surface area contributed by atoms with Crippen molar-refractivity contribution in [2.45, 2.75) is 25.9 Å². The molecule has 2 aromatic carbocycles. The molecule has 1 N–H and O–H groups in total. The highest BCUT2D eigenvalue weighted by molar-refractivity contribution is 5.98. The van der Waals surface area contributed by atoms with Crippen molar-refractivity contribution < 1.29 is 27.9 Å². The molecule has 0 aliphatic carbocycles. The second-order valence-corrected chi connectivity index (χ2v) is 6.36. The van der Waals surface area contributed by atoms with Crippen molar-refractivity contribution in [2.75, 3.05) is 16.8 Å². The van der Waals surface area contributed by atoms with Crippen molar-refractivity contribution in [1.29, 1.82) is 0 Å². The zero-order valence-corrected chi connectivity index (χ0v) is 15.1. The molecule has 1 fully saturated rings. The fraction of sp³-hybridized carbons (Fsp3) is 0.250. The average Bonchev–Trinajstić information content (AvgIpc) is 3.10. The molecule has 0 saturated carbocycles. The number of anilines is 2. The Kier molecular flexibility index (Phi) is 5.67. The van der Waals surface area contributed by atoms with Gasteiger partial charge in [0.2, 0.25) is 5.91 Å². The number of carbonyl (C=O) groups is 3. The lowest BCUT2D eigenvalue weighted by Crippen LogP contribution is -2.30. The molecule has 0 bridgehead atoms. The summed E-state index contributed by atoms with van der Waals surface area (Å²) in [6.07, 6.45) is 0.155. The van der Waals surface area contributed by atoms with Crippen LogP contribution in [0.25, 0.3) is 0 Å². The van der Waals surface area contributed by atoms with Crippen molar-refractivity contribution >= 4 is 29.2 Å². The molecule has 1 saturated heterocycles. The molecule has 3 rings (SSSR count). The van der Waals surface area contributed by atoms with Crippen molar-refractivity contribution in [3.05, 3.63) is 59.7 Å². The third-order valence-electron chi connectivity index (χ3n) is 4.33. The number of esters is 1. The highest BCUT2D eigenvalue weighted by atomic mass is 19.2. The highest BCUT2D eigenvalue weighted by Gasteiger charge is 2.23. The van der Waals surface area contributed by atoms with E-state index in [4.69, 9.17) is 4.74 Å². The van der Waals surface area contributed by atoms with Crippen molar-refractivity contribution in [1.82, 2.24) is 0 Å². The Morgan fingerprint density at radius 1 is 1.11 bits per heavy atom. The van der Waals surface area contributed by atoms with Gasteiger partial charge in [-0.2, -0.15) is 0 Å². The summed E-state index contributed by atoms with van der Waals surface area (Å²) < 4.78 is 31.2. The van der Waals surface area contributed by atoms with Crippen molar-refractivity contribution in [3.8, 4) is 0 Å². The minimum absolute atomic E-state index is 0.0397. The van der Waals surface area contributed by atoms with Crippen molar-refractivity contribution in [2.24, 2.45) is 0 Å². The van der Waals surface area contributed by atoms with E-state index in [-0.39, 0.29) is 17.2 Å². The Morgan fingerprint density at radius 3 is 2.43 bits per heavy atom. The van der Waals surface area contributed by atoms with E-state index in [9.17, 15) is 23.2 Å². The number of ether oxygens (including phenoxy) is 1. The summed E-state index contributed by atoms with van der Waals surface area (Å²) in [5.74, 6) is -3.49. The van der Waals surface area contributed by atoms with Gasteiger partial charge in [0.15, 0.2) is 17.7 Å². The maximum Gasteiger partial charge on any atom is 0.338 e. The number of carbonyl (C=O) groups excluding carboxylic acids is 3. The Bertz CT molecular complexity index is 915. The second-order valence-electron chi connectivity index (χ2n) is 6.36. The molecule has 0 radical (unpaired) electrons. The first-order chi connectivity index (χ1) is 13.3. The van der Waals surface area contributed by atoms with Crippen LogP contribution in [-0.4, -0.2) is 30.4 Å².